The summed E-state index contributed by atoms with van der Waals surface area (Å²) in [6.45, 7) is 1.42. The Morgan fingerprint density at radius 1 is 1.39 bits per heavy atom. The number of aliphatic hydroxyl groups is 1. The van der Waals surface area contributed by atoms with Gasteiger partial charge in [-0.2, -0.15) is 0 Å². The molecule has 1 N–H and O–H groups in total. The van der Waals surface area contributed by atoms with Gasteiger partial charge in [0.1, 0.15) is 6.10 Å². The molecule has 0 saturated heterocycles. The molecule has 98 valence electrons. The molecule has 18 heavy (non-hydrogen) atoms. The van der Waals surface area contributed by atoms with Gasteiger partial charge in [0.15, 0.2) is 0 Å². The van der Waals surface area contributed by atoms with E-state index in [4.69, 9.17) is 4.74 Å². The number of ether oxygens (including phenoxy) is 1. The SMILES string of the molecule is CC(=O)OC1CC2C(=CC3CC=CCC32)CC1O. The Morgan fingerprint density at radius 2 is 2.17 bits per heavy atom. The van der Waals surface area contributed by atoms with Crippen LogP contribution < -0.4 is 0 Å². The van der Waals surface area contributed by atoms with Gasteiger partial charge < -0.3 is 9.84 Å². The molecule has 0 aromatic heterocycles. The Kier molecular flexibility index (Phi) is 3.02. The molecular weight excluding hydrogens is 228 g/mol. The molecule has 3 heteroatoms. The van der Waals surface area contributed by atoms with Gasteiger partial charge in [0.2, 0.25) is 0 Å². The molecule has 0 radical (unpaired) electrons. The van der Waals surface area contributed by atoms with Crippen LogP contribution in [0.15, 0.2) is 23.8 Å². The molecule has 3 nitrogen and oxygen atoms in total. The molecule has 0 aliphatic heterocycles. The van der Waals surface area contributed by atoms with Gasteiger partial charge in [0.05, 0.1) is 6.10 Å². The predicted molar refractivity (Wildman–Crippen MR) is 67.7 cm³/mol. The monoisotopic (exact) mass is 248 g/mol. The summed E-state index contributed by atoms with van der Waals surface area (Å²) in [6, 6.07) is 0. The Labute approximate surface area is 108 Å². The summed E-state index contributed by atoms with van der Waals surface area (Å²) in [5.74, 6) is 1.52. The number of esters is 1. The molecule has 0 spiro atoms. The fourth-order valence-electron chi connectivity index (χ4n) is 3.85. The average molecular weight is 248 g/mol. The molecule has 5 unspecified atom stereocenters. The first-order valence-electron chi connectivity index (χ1n) is 6.86. The van der Waals surface area contributed by atoms with Gasteiger partial charge in [0.25, 0.3) is 0 Å². The third-order valence-electron chi connectivity index (χ3n) is 4.63. The van der Waals surface area contributed by atoms with Crippen LogP contribution >= 0.6 is 0 Å². The summed E-state index contributed by atoms with van der Waals surface area (Å²) in [7, 11) is 0. The lowest BCUT2D eigenvalue weighted by Crippen LogP contribution is -2.39. The number of carbonyl (C=O) groups excluding carboxylic acids is 1. The number of rotatable bonds is 1. The molecule has 0 aromatic rings. The predicted octanol–water partition coefficient (Wildman–Crippen LogP) is 2.21. The molecular formula is C15H20O3. The number of fused-ring (bicyclic) bond motifs is 3. The highest BCUT2D eigenvalue weighted by atomic mass is 16.6. The van der Waals surface area contributed by atoms with Crippen molar-refractivity contribution in [3.63, 3.8) is 0 Å². The minimum absolute atomic E-state index is 0.287. The normalized spacial score (nSPS) is 41.9. The van der Waals surface area contributed by atoms with E-state index in [-0.39, 0.29) is 12.1 Å². The quantitative estimate of drug-likeness (QED) is 0.571. The van der Waals surface area contributed by atoms with Crippen molar-refractivity contribution in [3.8, 4) is 0 Å². The number of carbonyl (C=O) groups is 1. The van der Waals surface area contributed by atoms with Crippen LogP contribution in [0.1, 0.15) is 32.6 Å². The highest BCUT2D eigenvalue weighted by molar-refractivity contribution is 5.66. The standard InChI is InChI=1S/C15H20O3/c1-9(16)18-15-8-13-11(7-14(15)17)6-10-4-2-3-5-12(10)13/h2-3,6,10,12-15,17H,4-5,7-8H2,1H3. The second kappa shape index (κ2) is 4.54. The van der Waals surface area contributed by atoms with Crippen molar-refractivity contribution >= 4 is 5.97 Å². The van der Waals surface area contributed by atoms with Crippen LogP contribution in [-0.4, -0.2) is 23.3 Å². The lowest BCUT2D eigenvalue weighted by Gasteiger charge is -2.36. The van der Waals surface area contributed by atoms with E-state index in [1.54, 1.807) is 0 Å². The number of hydrogen-bond donors (Lipinski definition) is 1. The Balaban J connectivity index is 1.76. The van der Waals surface area contributed by atoms with Gasteiger partial charge in [-0.15, -0.1) is 0 Å². The highest BCUT2D eigenvalue weighted by Gasteiger charge is 2.44. The van der Waals surface area contributed by atoms with Gasteiger partial charge in [-0.05, 0) is 43.4 Å². The molecule has 0 bridgehead atoms. The maximum Gasteiger partial charge on any atom is 0.302 e. The Morgan fingerprint density at radius 3 is 2.94 bits per heavy atom. The average Bonchev–Trinajstić information content (AvgIpc) is 2.66. The third-order valence-corrected chi connectivity index (χ3v) is 4.63. The zero-order valence-corrected chi connectivity index (χ0v) is 10.7. The number of aliphatic hydroxyl groups excluding tert-OH is 1. The van der Waals surface area contributed by atoms with Gasteiger partial charge in [-0.1, -0.05) is 23.8 Å². The summed E-state index contributed by atoms with van der Waals surface area (Å²) in [5, 5.41) is 10.1. The smallest absolute Gasteiger partial charge is 0.302 e. The molecule has 0 aromatic carbocycles. The first-order chi connectivity index (χ1) is 8.65. The van der Waals surface area contributed by atoms with E-state index in [1.165, 1.54) is 12.5 Å². The molecule has 3 rings (SSSR count). The van der Waals surface area contributed by atoms with Crippen molar-refractivity contribution in [1.82, 2.24) is 0 Å². The van der Waals surface area contributed by atoms with E-state index in [9.17, 15) is 9.90 Å². The highest BCUT2D eigenvalue weighted by Crippen LogP contribution is 2.49. The topological polar surface area (TPSA) is 46.5 Å². The second-order valence-electron chi connectivity index (χ2n) is 5.77. The molecule has 1 fully saturated rings. The van der Waals surface area contributed by atoms with Crippen LogP contribution in [0.5, 0.6) is 0 Å². The van der Waals surface area contributed by atoms with E-state index in [0.717, 1.165) is 19.3 Å². The largest absolute Gasteiger partial charge is 0.460 e. The Hall–Kier alpha value is -1.09. The van der Waals surface area contributed by atoms with E-state index < -0.39 is 6.10 Å². The fourth-order valence-corrected chi connectivity index (χ4v) is 3.85. The van der Waals surface area contributed by atoms with Crippen LogP contribution in [0, 0.1) is 17.8 Å². The summed E-state index contributed by atoms with van der Waals surface area (Å²) in [6.07, 6.45) is 9.78. The van der Waals surface area contributed by atoms with Crippen molar-refractivity contribution in [2.75, 3.05) is 0 Å². The molecule has 1 saturated carbocycles. The van der Waals surface area contributed by atoms with Gasteiger partial charge in [0, 0.05) is 6.92 Å². The number of allylic oxidation sites excluding steroid dienone is 3. The zero-order chi connectivity index (χ0) is 12.7. The van der Waals surface area contributed by atoms with Crippen molar-refractivity contribution in [3.05, 3.63) is 23.8 Å². The molecule has 0 heterocycles. The zero-order valence-electron chi connectivity index (χ0n) is 10.7. The van der Waals surface area contributed by atoms with Gasteiger partial charge in [-0.25, -0.2) is 0 Å². The first-order valence-corrected chi connectivity index (χ1v) is 6.86. The van der Waals surface area contributed by atoms with Crippen molar-refractivity contribution in [2.45, 2.75) is 44.8 Å². The maximum atomic E-state index is 11.1. The number of hydrogen-bond acceptors (Lipinski definition) is 3. The van der Waals surface area contributed by atoms with E-state index in [0.29, 0.717) is 24.2 Å². The molecule has 0 amide bonds. The van der Waals surface area contributed by atoms with Crippen molar-refractivity contribution in [2.24, 2.45) is 17.8 Å². The van der Waals surface area contributed by atoms with Crippen LogP contribution in [0.2, 0.25) is 0 Å². The summed E-state index contributed by atoms with van der Waals surface area (Å²) in [4.78, 5) is 11.1. The van der Waals surface area contributed by atoms with Gasteiger partial charge >= 0.3 is 5.97 Å². The third kappa shape index (κ3) is 2.01. The Bertz CT molecular complexity index is 410. The van der Waals surface area contributed by atoms with E-state index in [2.05, 4.69) is 18.2 Å². The molecule has 3 aliphatic carbocycles. The minimum atomic E-state index is -0.524. The lowest BCUT2D eigenvalue weighted by molar-refractivity contribution is -0.155. The fraction of sp³-hybridized carbons (Fsp3) is 0.667. The van der Waals surface area contributed by atoms with Crippen LogP contribution in [-0.2, 0) is 9.53 Å². The van der Waals surface area contributed by atoms with Crippen molar-refractivity contribution < 1.29 is 14.6 Å². The van der Waals surface area contributed by atoms with Crippen LogP contribution in [0.3, 0.4) is 0 Å². The minimum Gasteiger partial charge on any atom is -0.460 e. The molecule has 5 atom stereocenters. The summed E-state index contributed by atoms with van der Waals surface area (Å²) < 4.78 is 5.26. The summed E-state index contributed by atoms with van der Waals surface area (Å²) >= 11 is 0. The summed E-state index contributed by atoms with van der Waals surface area (Å²) in [5.41, 5.74) is 1.39. The molecule has 3 aliphatic rings. The maximum absolute atomic E-state index is 11.1. The second-order valence-corrected chi connectivity index (χ2v) is 5.77. The van der Waals surface area contributed by atoms with E-state index >= 15 is 0 Å². The lowest BCUT2D eigenvalue weighted by atomic mass is 9.73. The van der Waals surface area contributed by atoms with Crippen LogP contribution in [0.25, 0.3) is 0 Å². The van der Waals surface area contributed by atoms with Gasteiger partial charge in [-0.3, -0.25) is 4.79 Å². The van der Waals surface area contributed by atoms with Crippen LogP contribution in [0.4, 0.5) is 0 Å². The van der Waals surface area contributed by atoms with E-state index in [1.807, 2.05) is 0 Å². The first kappa shape index (κ1) is 12.0. The van der Waals surface area contributed by atoms with Crippen molar-refractivity contribution in [1.29, 1.82) is 0 Å².